The minimum absolute atomic E-state index is 0. The highest BCUT2D eigenvalue weighted by Crippen LogP contribution is 2.21. The summed E-state index contributed by atoms with van der Waals surface area (Å²) in [5.74, 6) is 2.33. The molecule has 0 saturated carbocycles. The lowest BCUT2D eigenvalue weighted by molar-refractivity contribution is 0.187. The van der Waals surface area contributed by atoms with Gasteiger partial charge in [-0.1, -0.05) is 26.0 Å². The first-order valence-electron chi connectivity index (χ1n) is 8.41. The number of hydrogen-bond acceptors (Lipinski definition) is 3. The molecule has 1 amide bonds. The fraction of sp³-hybridized carbons (Fsp3) is 0.556. The van der Waals surface area contributed by atoms with E-state index in [-0.39, 0.29) is 24.0 Å². The SMILES string of the molecule is CN=C(NCc1ccc(NC(=O)OC)cc1)N1CC(C)CC(C)C1.I. The Balaban J connectivity index is 0.00000312. The largest absolute Gasteiger partial charge is 0.453 e. The van der Waals surface area contributed by atoms with Gasteiger partial charge < -0.3 is 15.0 Å². The van der Waals surface area contributed by atoms with Gasteiger partial charge in [-0.3, -0.25) is 10.3 Å². The number of methoxy groups -OCH3 is 1. The molecular weight excluding hydrogens is 431 g/mol. The molecule has 25 heavy (non-hydrogen) atoms. The summed E-state index contributed by atoms with van der Waals surface area (Å²) < 4.78 is 4.58. The number of benzene rings is 1. The number of amides is 1. The maximum atomic E-state index is 11.2. The number of likely N-dealkylation sites (tertiary alicyclic amines) is 1. The maximum Gasteiger partial charge on any atom is 0.411 e. The van der Waals surface area contributed by atoms with E-state index in [0.29, 0.717) is 24.1 Å². The number of carbonyl (C=O) groups is 1. The quantitative estimate of drug-likeness (QED) is 0.412. The van der Waals surface area contributed by atoms with Crippen molar-refractivity contribution in [2.45, 2.75) is 26.8 Å². The maximum absolute atomic E-state index is 11.2. The predicted molar refractivity (Wildman–Crippen MR) is 113 cm³/mol. The number of nitrogens with one attached hydrogen (secondary N) is 2. The van der Waals surface area contributed by atoms with Crippen LogP contribution in [0.4, 0.5) is 10.5 Å². The fourth-order valence-corrected chi connectivity index (χ4v) is 3.22. The topological polar surface area (TPSA) is 66.0 Å². The molecule has 1 aromatic carbocycles. The molecule has 2 atom stereocenters. The van der Waals surface area contributed by atoms with Crippen molar-refractivity contribution in [2.75, 3.05) is 32.6 Å². The molecule has 0 bridgehead atoms. The van der Waals surface area contributed by atoms with Crippen molar-refractivity contribution in [3.63, 3.8) is 0 Å². The summed E-state index contributed by atoms with van der Waals surface area (Å²) in [7, 11) is 3.18. The third kappa shape index (κ3) is 6.72. The smallest absolute Gasteiger partial charge is 0.411 e. The summed E-state index contributed by atoms with van der Waals surface area (Å²) >= 11 is 0. The van der Waals surface area contributed by atoms with E-state index in [2.05, 4.69) is 39.1 Å². The van der Waals surface area contributed by atoms with Crippen molar-refractivity contribution in [2.24, 2.45) is 16.8 Å². The van der Waals surface area contributed by atoms with Crippen molar-refractivity contribution in [3.05, 3.63) is 29.8 Å². The van der Waals surface area contributed by atoms with Gasteiger partial charge in [0, 0.05) is 32.4 Å². The molecule has 1 aromatic rings. The first-order valence-corrected chi connectivity index (χ1v) is 8.41. The Labute approximate surface area is 167 Å². The van der Waals surface area contributed by atoms with E-state index in [9.17, 15) is 4.79 Å². The summed E-state index contributed by atoms with van der Waals surface area (Å²) in [6, 6.07) is 7.68. The van der Waals surface area contributed by atoms with Crippen molar-refractivity contribution in [1.82, 2.24) is 10.2 Å². The number of anilines is 1. The molecular formula is C18H29IN4O2. The molecule has 7 heteroatoms. The first-order chi connectivity index (χ1) is 11.5. The van der Waals surface area contributed by atoms with E-state index < -0.39 is 6.09 Å². The van der Waals surface area contributed by atoms with Crippen LogP contribution < -0.4 is 10.6 Å². The lowest BCUT2D eigenvalue weighted by Gasteiger charge is -2.37. The highest BCUT2D eigenvalue weighted by Gasteiger charge is 2.23. The van der Waals surface area contributed by atoms with Crippen molar-refractivity contribution in [1.29, 1.82) is 0 Å². The molecule has 1 saturated heterocycles. The monoisotopic (exact) mass is 460 g/mol. The van der Waals surface area contributed by atoms with Gasteiger partial charge in [0.2, 0.25) is 0 Å². The number of piperidine rings is 1. The van der Waals surface area contributed by atoms with Crippen LogP contribution in [-0.4, -0.2) is 44.2 Å². The second-order valence-electron chi connectivity index (χ2n) is 6.57. The van der Waals surface area contributed by atoms with Crippen molar-refractivity contribution < 1.29 is 9.53 Å². The van der Waals surface area contributed by atoms with Crippen molar-refractivity contribution in [3.8, 4) is 0 Å². The van der Waals surface area contributed by atoms with E-state index in [1.54, 1.807) is 0 Å². The van der Waals surface area contributed by atoms with Crippen LogP contribution in [-0.2, 0) is 11.3 Å². The highest BCUT2D eigenvalue weighted by atomic mass is 127. The van der Waals surface area contributed by atoms with Crippen LogP contribution >= 0.6 is 24.0 Å². The van der Waals surface area contributed by atoms with Crippen LogP contribution in [0.3, 0.4) is 0 Å². The molecule has 0 radical (unpaired) electrons. The van der Waals surface area contributed by atoms with E-state index >= 15 is 0 Å². The molecule has 0 aliphatic carbocycles. The number of rotatable bonds is 3. The lowest BCUT2D eigenvalue weighted by Crippen LogP contribution is -2.48. The predicted octanol–water partition coefficient (Wildman–Crippen LogP) is 3.54. The molecule has 1 aliphatic rings. The van der Waals surface area contributed by atoms with Gasteiger partial charge in [-0.2, -0.15) is 0 Å². The lowest BCUT2D eigenvalue weighted by atomic mass is 9.92. The summed E-state index contributed by atoms with van der Waals surface area (Å²) in [5, 5.41) is 6.07. The Bertz CT molecular complexity index is 567. The van der Waals surface area contributed by atoms with Crippen LogP contribution in [0.1, 0.15) is 25.8 Å². The zero-order valence-electron chi connectivity index (χ0n) is 15.4. The molecule has 0 spiro atoms. The number of nitrogens with zero attached hydrogens (tertiary/aromatic N) is 2. The van der Waals surface area contributed by atoms with Crippen molar-refractivity contribution >= 4 is 41.7 Å². The molecule has 1 aliphatic heterocycles. The van der Waals surface area contributed by atoms with Gasteiger partial charge in [-0.05, 0) is 36.0 Å². The van der Waals surface area contributed by atoms with Gasteiger partial charge in [-0.25, -0.2) is 4.79 Å². The Morgan fingerprint density at radius 2 is 1.84 bits per heavy atom. The minimum atomic E-state index is -0.463. The number of halogens is 1. The molecule has 0 aromatic heterocycles. The van der Waals surface area contributed by atoms with E-state index in [4.69, 9.17) is 0 Å². The van der Waals surface area contributed by atoms with E-state index in [1.165, 1.54) is 13.5 Å². The van der Waals surface area contributed by atoms with E-state index in [1.807, 2.05) is 31.3 Å². The molecule has 6 nitrogen and oxygen atoms in total. The average Bonchev–Trinajstić information content (AvgIpc) is 2.56. The number of carbonyl (C=O) groups excluding carboxylic acids is 1. The number of hydrogen-bond donors (Lipinski definition) is 2. The second-order valence-corrected chi connectivity index (χ2v) is 6.57. The molecule has 1 heterocycles. The third-order valence-corrected chi connectivity index (χ3v) is 4.22. The summed E-state index contributed by atoms with van der Waals surface area (Å²) in [6.07, 6.45) is 0.817. The molecule has 1 fully saturated rings. The van der Waals surface area contributed by atoms with Gasteiger partial charge in [-0.15, -0.1) is 24.0 Å². The van der Waals surface area contributed by atoms with Crippen LogP contribution in [0.25, 0.3) is 0 Å². The fourth-order valence-electron chi connectivity index (χ4n) is 3.22. The van der Waals surface area contributed by atoms with Crippen LogP contribution in [0.5, 0.6) is 0 Å². The third-order valence-electron chi connectivity index (χ3n) is 4.22. The Hall–Kier alpha value is -1.51. The van der Waals surface area contributed by atoms with Crippen LogP contribution in [0, 0.1) is 11.8 Å². The normalized spacial score (nSPS) is 20.5. The zero-order chi connectivity index (χ0) is 17.5. The Morgan fingerprint density at radius 3 is 2.36 bits per heavy atom. The van der Waals surface area contributed by atoms with Gasteiger partial charge in [0.05, 0.1) is 7.11 Å². The minimum Gasteiger partial charge on any atom is -0.453 e. The van der Waals surface area contributed by atoms with E-state index in [0.717, 1.165) is 24.6 Å². The summed E-state index contributed by atoms with van der Waals surface area (Å²) in [6.45, 7) is 7.38. The molecule has 140 valence electrons. The summed E-state index contributed by atoms with van der Waals surface area (Å²) in [4.78, 5) is 17.9. The number of ether oxygens (including phenoxy) is 1. The number of guanidine groups is 1. The molecule has 2 unspecified atom stereocenters. The van der Waals surface area contributed by atoms with Gasteiger partial charge in [0.15, 0.2) is 5.96 Å². The first kappa shape index (κ1) is 21.5. The van der Waals surface area contributed by atoms with Gasteiger partial charge >= 0.3 is 6.09 Å². The standard InChI is InChI=1S/C18H28N4O2.HI/c1-13-9-14(2)12-22(11-13)17(19-3)20-10-15-5-7-16(8-6-15)21-18(23)24-4;/h5-8,13-14H,9-12H2,1-4H3,(H,19,20)(H,21,23);1H. The Morgan fingerprint density at radius 1 is 1.24 bits per heavy atom. The summed E-state index contributed by atoms with van der Waals surface area (Å²) in [5.41, 5.74) is 1.85. The zero-order valence-corrected chi connectivity index (χ0v) is 17.7. The Kier molecular flexibility index (Phi) is 9.02. The van der Waals surface area contributed by atoms with Crippen LogP contribution in [0.2, 0.25) is 0 Å². The average molecular weight is 460 g/mol. The van der Waals surface area contributed by atoms with Gasteiger partial charge in [0.1, 0.15) is 0 Å². The van der Waals surface area contributed by atoms with Gasteiger partial charge in [0.25, 0.3) is 0 Å². The highest BCUT2D eigenvalue weighted by molar-refractivity contribution is 14.0. The molecule has 2 N–H and O–H groups in total. The molecule has 2 rings (SSSR count). The van der Waals surface area contributed by atoms with Crippen LogP contribution in [0.15, 0.2) is 29.3 Å². The number of aliphatic imine (C=N–C) groups is 1. The second kappa shape index (κ2) is 10.5.